The molecule has 0 aromatic heterocycles. The zero-order valence-electron chi connectivity index (χ0n) is 5.51. The summed E-state index contributed by atoms with van der Waals surface area (Å²) in [6.07, 6.45) is 0.145. The monoisotopic (exact) mass is 144 g/mol. The zero-order chi connectivity index (χ0) is 7.98. The molecule has 0 radical (unpaired) electrons. The van der Waals surface area contributed by atoms with Crippen molar-refractivity contribution in [3.05, 3.63) is 0 Å². The first-order valence-electron chi connectivity index (χ1n) is 2.66. The number of urea groups is 1. The number of imide groups is 1. The van der Waals surface area contributed by atoms with Crippen molar-refractivity contribution >= 4 is 18.2 Å². The van der Waals surface area contributed by atoms with Crippen LogP contribution >= 0.6 is 0 Å². The third-order valence-electron chi connectivity index (χ3n) is 0.749. The predicted molar refractivity (Wildman–Crippen MR) is 33.3 cm³/mol. The van der Waals surface area contributed by atoms with Gasteiger partial charge in [-0.25, -0.2) is 4.79 Å². The first-order valence-corrected chi connectivity index (χ1v) is 2.66. The van der Waals surface area contributed by atoms with Gasteiger partial charge in [0.15, 0.2) is 0 Å². The highest BCUT2D eigenvalue weighted by Gasteiger charge is 2.02. The Kier molecular flexibility index (Phi) is 3.86. The van der Waals surface area contributed by atoms with Gasteiger partial charge in [0.25, 0.3) is 0 Å². The average Bonchev–Trinajstić information content (AvgIpc) is 1.88. The number of rotatable bonds is 2. The summed E-state index contributed by atoms with van der Waals surface area (Å²) in [6, 6.07) is -0.605. The van der Waals surface area contributed by atoms with Crippen LogP contribution in [-0.4, -0.2) is 25.3 Å². The van der Waals surface area contributed by atoms with Crippen LogP contribution in [0.4, 0.5) is 4.79 Å². The van der Waals surface area contributed by atoms with Crippen molar-refractivity contribution in [1.29, 1.82) is 0 Å². The van der Waals surface area contributed by atoms with E-state index in [1.807, 2.05) is 5.32 Å². The van der Waals surface area contributed by atoms with Crippen LogP contribution in [0.25, 0.3) is 0 Å². The fourth-order valence-electron chi connectivity index (χ4n) is 0.316. The lowest BCUT2D eigenvalue weighted by molar-refractivity contribution is -0.122. The van der Waals surface area contributed by atoms with E-state index in [4.69, 9.17) is 0 Å². The van der Waals surface area contributed by atoms with Gasteiger partial charge in [-0.2, -0.15) is 0 Å². The van der Waals surface area contributed by atoms with Crippen molar-refractivity contribution in [2.45, 2.75) is 6.42 Å². The quantitative estimate of drug-likeness (QED) is 0.387. The fraction of sp³-hybridized carbons (Fsp3) is 0.400. The standard InChI is InChI=1S/C5H8N2O3/c1-6-5(10)7-4(9)2-3-8/h3H,2H2,1H3,(H2,6,7,9,10). The molecule has 0 saturated carbocycles. The van der Waals surface area contributed by atoms with Gasteiger partial charge < -0.3 is 10.1 Å². The van der Waals surface area contributed by atoms with E-state index in [0.29, 0.717) is 6.29 Å². The highest BCUT2D eigenvalue weighted by molar-refractivity contribution is 5.99. The highest BCUT2D eigenvalue weighted by Crippen LogP contribution is 1.71. The normalized spacial score (nSPS) is 8.10. The molecule has 0 aromatic carbocycles. The maximum absolute atomic E-state index is 10.4. The molecular formula is C5H8N2O3. The van der Waals surface area contributed by atoms with E-state index in [1.54, 1.807) is 0 Å². The van der Waals surface area contributed by atoms with Crippen molar-refractivity contribution in [3.63, 3.8) is 0 Å². The molecule has 5 heteroatoms. The summed E-state index contributed by atoms with van der Waals surface area (Å²) in [7, 11) is 1.38. The molecule has 10 heavy (non-hydrogen) atoms. The Morgan fingerprint density at radius 3 is 2.50 bits per heavy atom. The minimum absolute atomic E-state index is 0.284. The zero-order valence-corrected chi connectivity index (χ0v) is 5.51. The second-order valence-corrected chi connectivity index (χ2v) is 1.50. The Morgan fingerprint density at radius 2 is 2.10 bits per heavy atom. The van der Waals surface area contributed by atoms with Crippen LogP contribution < -0.4 is 10.6 Å². The molecule has 0 atom stereocenters. The summed E-state index contributed by atoms with van der Waals surface area (Å²) in [4.78, 5) is 30.4. The fourth-order valence-corrected chi connectivity index (χ4v) is 0.316. The van der Waals surface area contributed by atoms with Gasteiger partial charge in [0.1, 0.15) is 6.29 Å². The van der Waals surface area contributed by atoms with Crippen LogP contribution in [0, 0.1) is 0 Å². The van der Waals surface area contributed by atoms with Gasteiger partial charge in [-0.3, -0.25) is 10.1 Å². The van der Waals surface area contributed by atoms with Gasteiger partial charge >= 0.3 is 6.03 Å². The SMILES string of the molecule is CNC(=O)NC(=O)CC=O. The number of hydrogen-bond donors (Lipinski definition) is 2. The summed E-state index contributed by atoms with van der Waals surface area (Å²) in [5.41, 5.74) is 0. The van der Waals surface area contributed by atoms with Gasteiger partial charge in [-0.05, 0) is 0 Å². The van der Waals surface area contributed by atoms with Gasteiger partial charge in [0, 0.05) is 7.05 Å². The number of aldehydes is 1. The molecule has 0 saturated heterocycles. The van der Waals surface area contributed by atoms with Crippen molar-refractivity contribution in [1.82, 2.24) is 10.6 Å². The molecule has 0 aromatic rings. The maximum atomic E-state index is 10.4. The van der Waals surface area contributed by atoms with Crippen molar-refractivity contribution in [3.8, 4) is 0 Å². The van der Waals surface area contributed by atoms with E-state index in [0.717, 1.165) is 0 Å². The minimum atomic E-state index is -0.605. The number of carbonyl (C=O) groups excluding carboxylic acids is 3. The number of hydrogen-bond acceptors (Lipinski definition) is 3. The molecule has 0 heterocycles. The molecule has 0 spiro atoms. The molecule has 0 fully saturated rings. The third-order valence-corrected chi connectivity index (χ3v) is 0.749. The van der Waals surface area contributed by atoms with Crippen LogP contribution in [-0.2, 0) is 9.59 Å². The van der Waals surface area contributed by atoms with E-state index >= 15 is 0 Å². The highest BCUT2D eigenvalue weighted by atomic mass is 16.2. The molecule has 0 bridgehead atoms. The lowest BCUT2D eigenvalue weighted by Crippen LogP contribution is -2.37. The van der Waals surface area contributed by atoms with Crippen LogP contribution in [0.2, 0.25) is 0 Å². The Balaban J connectivity index is 3.57. The van der Waals surface area contributed by atoms with Gasteiger partial charge in [-0.15, -0.1) is 0 Å². The Labute approximate surface area is 57.8 Å². The molecule has 56 valence electrons. The summed E-state index contributed by atoms with van der Waals surface area (Å²) in [5.74, 6) is -0.602. The van der Waals surface area contributed by atoms with E-state index in [2.05, 4.69) is 5.32 Å². The number of nitrogens with one attached hydrogen (secondary N) is 2. The molecule has 0 unspecified atom stereocenters. The second kappa shape index (κ2) is 4.49. The molecular weight excluding hydrogens is 136 g/mol. The average molecular weight is 144 g/mol. The first-order chi connectivity index (χ1) is 4.70. The van der Waals surface area contributed by atoms with Crippen LogP contribution in [0.3, 0.4) is 0 Å². The Bertz CT molecular complexity index is 155. The maximum Gasteiger partial charge on any atom is 0.321 e. The molecule has 0 aliphatic heterocycles. The molecule has 0 aliphatic carbocycles. The third kappa shape index (κ3) is 3.59. The van der Waals surface area contributed by atoms with Crippen molar-refractivity contribution < 1.29 is 14.4 Å². The van der Waals surface area contributed by atoms with Crippen molar-refractivity contribution in [2.24, 2.45) is 0 Å². The number of carbonyl (C=O) groups is 3. The Hall–Kier alpha value is -1.39. The van der Waals surface area contributed by atoms with Crippen LogP contribution in [0.15, 0.2) is 0 Å². The van der Waals surface area contributed by atoms with Crippen LogP contribution in [0.5, 0.6) is 0 Å². The van der Waals surface area contributed by atoms with E-state index in [9.17, 15) is 14.4 Å². The largest absolute Gasteiger partial charge is 0.341 e. The molecule has 2 N–H and O–H groups in total. The molecule has 5 nitrogen and oxygen atoms in total. The van der Waals surface area contributed by atoms with E-state index in [1.165, 1.54) is 7.05 Å². The minimum Gasteiger partial charge on any atom is -0.341 e. The lowest BCUT2D eigenvalue weighted by atomic mass is 10.4. The predicted octanol–water partition coefficient (Wildman–Crippen LogP) is -0.969. The first kappa shape index (κ1) is 8.61. The summed E-state index contributed by atoms with van der Waals surface area (Å²) in [5, 5.41) is 4.08. The summed E-state index contributed by atoms with van der Waals surface area (Å²) >= 11 is 0. The summed E-state index contributed by atoms with van der Waals surface area (Å²) in [6.45, 7) is 0. The van der Waals surface area contributed by atoms with Gasteiger partial charge in [0.05, 0.1) is 6.42 Å². The lowest BCUT2D eigenvalue weighted by Gasteiger charge is -1.97. The topological polar surface area (TPSA) is 75.3 Å². The Morgan fingerprint density at radius 1 is 1.50 bits per heavy atom. The van der Waals surface area contributed by atoms with Crippen molar-refractivity contribution in [2.75, 3.05) is 7.05 Å². The molecule has 0 aliphatic rings. The molecule has 3 amide bonds. The molecule has 0 rings (SSSR count). The van der Waals surface area contributed by atoms with Gasteiger partial charge in [-0.1, -0.05) is 0 Å². The van der Waals surface area contributed by atoms with E-state index < -0.39 is 11.9 Å². The van der Waals surface area contributed by atoms with Gasteiger partial charge in [0.2, 0.25) is 5.91 Å². The van der Waals surface area contributed by atoms with Crippen LogP contribution in [0.1, 0.15) is 6.42 Å². The number of amides is 3. The van der Waals surface area contributed by atoms with E-state index in [-0.39, 0.29) is 6.42 Å². The smallest absolute Gasteiger partial charge is 0.321 e. The second-order valence-electron chi connectivity index (χ2n) is 1.50. The summed E-state index contributed by atoms with van der Waals surface area (Å²) < 4.78 is 0.